The van der Waals surface area contributed by atoms with Gasteiger partial charge in [-0.15, -0.1) is 0 Å². The van der Waals surface area contributed by atoms with E-state index in [0.717, 1.165) is 33.7 Å². The zero-order valence-electron chi connectivity index (χ0n) is 69.9. The second kappa shape index (κ2) is 41.7. The fourth-order valence-electron chi connectivity index (χ4n) is 16.0. The summed E-state index contributed by atoms with van der Waals surface area (Å²) in [6.45, 7) is -0.572. The van der Waals surface area contributed by atoms with Gasteiger partial charge in [0.2, 0.25) is 0 Å². The normalized spacial score (nSPS) is 25.1. The molecule has 6 aromatic carbocycles. The number of aromatic amines is 2. The number of H-pyrrole nitrogens is 2. The number of methoxy groups -OCH3 is 2. The Morgan fingerprint density at radius 1 is 0.504 bits per heavy atom. The van der Waals surface area contributed by atoms with E-state index in [9.17, 15) is 33.6 Å². The van der Waals surface area contributed by atoms with E-state index in [2.05, 4.69) is 20.3 Å². The van der Waals surface area contributed by atoms with Gasteiger partial charge in [0.1, 0.15) is 89.5 Å². The van der Waals surface area contributed by atoms with Gasteiger partial charge in [0.15, 0.2) is 60.6 Å². The molecule has 0 bridgehead atoms. The lowest BCUT2D eigenvalue weighted by Crippen LogP contribution is -2.44. The first-order valence-electron chi connectivity index (χ1n) is 42.0. The van der Waals surface area contributed by atoms with Crippen molar-refractivity contribution in [2.75, 3.05) is 59.2 Å². The molecule has 6 aliphatic rings. The van der Waals surface area contributed by atoms with Crippen molar-refractivity contribution in [3.63, 3.8) is 0 Å². The van der Waals surface area contributed by atoms with Gasteiger partial charge in [0, 0.05) is 56.3 Å². The summed E-state index contributed by atoms with van der Waals surface area (Å²) in [6.07, 6.45) is -14.3. The number of amides is 1. The molecule has 0 radical (unpaired) electrons. The zero-order chi connectivity index (χ0) is 89.8. The van der Waals surface area contributed by atoms with E-state index in [-0.39, 0.29) is 77.0 Å². The molecule has 10 heterocycles. The topological polar surface area (TPSA) is 426 Å². The van der Waals surface area contributed by atoms with Crippen LogP contribution in [0.25, 0.3) is 11.2 Å². The number of ketones is 1. The lowest BCUT2D eigenvalue weighted by molar-refractivity contribution is -0.219. The molecule has 16 rings (SSSR count). The maximum atomic E-state index is 17.5. The molecule has 0 saturated carbocycles. The van der Waals surface area contributed by atoms with Crippen LogP contribution in [0.3, 0.4) is 0 Å². The van der Waals surface area contributed by atoms with E-state index in [0.29, 0.717) is 85.1 Å². The summed E-state index contributed by atoms with van der Waals surface area (Å²) in [4.78, 5) is 113. The summed E-state index contributed by atoms with van der Waals surface area (Å²) in [7, 11) is -8.19. The molecule has 5 unspecified atom stereocenters. The van der Waals surface area contributed by atoms with Gasteiger partial charge < -0.3 is 80.7 Å². The molecule has 6 fully saturated rings. The summed E-state index contributed by atoms with van der Waals surface area (Å²) >= 11 is 13.9. The summed E-state index contributed by atoms with van der Waals surface area (Å²) in [6, 6.07) is 46.1. The van der Waals surface area contributed by atoms with Gasteiger partial charge in [-0.2, -0.15) is 0 Å². The molecular formula is C88H93Cl2N9O28P2. The average molecular weight is 1860 g/mol. The number of nitrogens with zero attached hydrogens (tertiary/aromatic N) is 6. The van der Waals surface area contributed by atoms with Crippen molar-refractivity contribution in [2.24, 2.45) is 0 Å². The molecule has 129 heavy (non-hydrogen) atoms. The zero-order valence-corrected chi connectivity index (χ0v) is 73.2. The van der Waals surface area contributed by atoms with Crippen molar-refractivity contribution in [1.82, 2.24) is 38.6 Å². The van der Waals surface area contributed by atoms with Crippen molar-refractivity contribution in [1.29, 1.82) is 0 Å². The van der Waals surface area contributed by atoms with Crippen LogP contribution in [0.1, 0.15) is 123 Å². The number of benzene rings is 6. The van der Waals surface area contributed by atoms with Crippen LogP contribution in [-0.2, 0) is 94.5 Å². The van der Waals surface area contributed by atoms with E-state index in [1.807, 2.05) is 54.6 Å². The predicted molar refractivity (Wildman–Crippen MR) is 459 cm³/mol. The first kappa shape index (κ1) is 91.8. The van der Waals surface area contributed by atoms with Crippen molar-refractivity contribution >= 4 is 73.5 Å². The van der Waals surface area contributed by atoms with E-state index in [1.54, 1.807) is 80.9 Å². The largest absolute Gasteiger partial charge is 0.530 e. The van der Waals surface area contributed by atoms with Crippen LogP contribution in [-0.4, -0.2) is 184 Å². The number of hydrogen-bond donors (Lipinski definition) is 3. The van der Waals surface area contributed by atoms with Crippen molar-refractivity contribution in [3.8, 4) is 23.0 Å². The van der Waals surface area contributed by atoms with Gasteiger partial charge in [-0.1, -0.05) is 120 Å². The number of aromatic nitrogens is 8. The Morgan fingerprint density at radius 3 is 1.40 bits per heavy atom. The highest BCUT2D eigenvalue weighted by atomic mass is 35.5. The Balaban J connectivity index is 0.825. The fourth-order valence-corrected chi connectivity index (χ4v) is 19.3. The molecule has 6 saturated heterocycles. The van der Waals surface area contributed by atoms with Crippen molar-refractivity contribution in [2.45, 2.75) is 176 Å². The molecule has 682 valence electrons. The minimum absolute atomic E-state index is 0.0170. The Labute approximate surface area is 747 Å². The molecule has 0 spiro atoms. The van der Waals surface area contributed by atoms with Crippen molar-refractivity contribution in [3.05, 3.63) is 269 Å². The number of ether oxygens (including phenoxy) is 13. The number of phosphoric ester groups is 2. The number of anilines is 1. The van der Waals surface area contributed by atoms with E-state index >= 15 is 9.13 Å². The van der Waals surface area contributed by atoms with Crippen LogP contribution < -0.4 is 46.3 Å². The maximum Gasteiger partial charge on any atom is 0.530 e. The summed E-state index contributed by atoms with van der Waals surface area (Å²) in [5.41, 5.74) is -2.91. The maximum absolute atomic E-state index is 17.5. The van der Waals surface area contributed by atoms with Crippen LogP contribution in [0.4, 0.5) is 5.82 Å². The van der Waals surface area contributed by atoms with E-state index in [1.165, 1.54) is 60.5 Å². The highest BCUT2D eigenvalue weighted by molar-refractivity contribution is 7.49. The Hall–Kier alpha value is -10.5. The van der Waals surface area contributed by atoms with Gasteiger partial charge in [-0.3, -0.25) is 60.9 Å². The molecule has 17 atom stereocenters. The number of Topliss-reactive ketones (excluding diaryl/α,β-unsaturated/α-hetero) is 1. The third-order valence-electron chi connectivity index (χ3n) is 22.3. The third kappa shape index (κ3) is 21.6. The first-order valence-corrected chi connectivity index (χ1v) is 45.6. The molecule has 3 N–H and O–H groups in total. The number of fused-ring (bicyclic) bond motifs is 1. The minimum Gasteiger partial charge on any atom is -0.497 e. The number of carbonyl (C=O) groups excluding carboxylic acids is 3. The number of imidazole rings is 1. The van der Waals surface area contributed by atoms with Crippen LogP contribution >= 0.6 is 38.8 Å². The lowest BCUT2D eigenvalue weighted by Gasteiger charge is -2.37. The number of esters is 1. The number of para-hydroxylation sites is 2. The molecule has 37 nitrogen and oxygen atoms in total. The van der Waals surface area contributed by atoms with Crippen LogP contribution in [0, 0.1) is 0 Å². The van der Waals surface area contributed by atoms with E-state index < -0.39 is 174 Å². The second-order valence-corrected chi connectivity index (χ2v) is 34.8. The number of carbonyl (C=O) groups is 3. The second-order valence-electron chi connectivity index (χ2n) is 30.9. The molecule has 6 aliphatic heterocycles. The summed E-state index contributed by atoms with van der Waals surface area (Å²) in [5.74, 6) is -1.32. The molecule has 1 amide bonds. The fraction of sp³-hybridized carbons (Fsp3) is 0.409. The van der Waals surface area contributed by atoms with Gasteiger partial charge in [0.25, 0.3) is 17.0 Å². The molecule has 10 aromatic rings. The number of rotatable bonds is 37. The smallest absolute Gasteiger partial charge is 0.497 e. The third-order valence-corrected chi connectivity index (χ3v) is 25.7. The standard InChI is InChI=1S/C88H93Cl2N9O28P2/c1-53(100)31-40-69(103)120-74-65(118-83(97-43-41-67(101)94-86(97)105)77(74)121-70-28-14-17-45-111-70)49-115-128(107,124-62-26-12-10-24-60(62)89)127-76-66(119-84(98-44-42-68(102)95-87(98)106)78(76)122-71-29-15-18-46-112-71)50-116-129(108,125-63-27-13-11-25-61(63)90)126-75-64(48-114-88(55-22-8-5-9-23-55,56-32-36-58(109-2)37-33-56)57-34-38-59(110-3)39-35-57)117-85(79(75)123-72-30-16-19-47-113-72)99-52-93-73-80(91-51-92-81(73)99)96-82(104)54-20-6-4-7-21-54/h4-13,20-27,32-39,41-44,51-52,64-66,70-72,74-79,83-85H,14-19,28-31,40,45-50H2,1-3H3,(H,94,101,105)(H,95,102,106)(H,91,92,96,104)/t64-,65-,66-,70?,71?,72?,74-,75-,76-,77-,78-,79-,83-,84-,85-,128?,129?/m1/s1. The van der Waals surface area contributed by atoms with Crippen LogP contribution in [0.5, 0.6) is 23.0 Å². The molecule has 41 heteroatoms. The first-order chi connectivity index (χ1) is 62.6. The summed E-state index contributed by atoms with van der Waals surface area (Å²) in [5, 5.41) is 2.61. The number of phosphoric acid groups is 2. The highest BCUT2D eigenvalue weighted by Crippen LogP contribution is 2.59. The predicted octanol–water partition coefficient (Wildman–Crippen LogP) is 12.4. The molecule has 4 aromatic heterocycles. The molecule has 0 aliphatic carbocycles. The number of nitrogens with one attached hydrogen (secondary N) is 3. The van der Waals surface area contributed by atoms with Gasteiger partial charge in [0.05, 0.1) is 56.8 Å². The SMILES string of the molecule is COc1ccc(C(OC[C@H]2O[C@@H](n3cnc4c(NC(=O)c5ccccc5)ncnc43)[C@H](OC3CCCCO3)[C@@H]2OP(=O)(OC[C@H]2O[C@@H](n3ccc(=O)[nH]c3=O)[C@H](OC3CCCCO3)[C@@H]2OP(=O)(OC[C@H]2O[C@@H](n3ccc(=O)[nH]c3=O)[C@H](OC3CCCCO3)[C@@H]2OC(=O)CCC(C)=O)Oc2ccccc2Cl)Oc2ccccc2Cl)(c2ccccc2)c2ccc(OC)cc2)cc1. The quantitative estimate of drug-likeness (QED) is 0.0185. The van der Waals surface area contributed by atoms with Gasteiger partial charge in [-0.05, 0) is 142 Å². The van der Waals surface area contributed by atoms with Crippen molar-refractivity contribution < 1.29 is 112 Å². The van der Waals surface area contributed by atoms with Gasteiger partial charge in [-0.25, -0.2) is 33.7 Å². The van der Waals surface area contributed by atoms with Crippen LogP contribution in [0.2, 0.25) is 10.0 Å². The molecular weight excluding hydrogens is 1760 g/mol. The highest BCUT2D eigenvalue weighted by Gasteiger charge is 2.59. The Morgan fingerprint density at radius 2 is 0.946 bits per heavy atom. The number of hydrogen-bond acceptors (Lipinski definition) is 31. The summed E-state index contributed by atoms with van der Waals surface area (Å²) < 4.78 is 164. The van der Waals surface area contributed by atoms with Crippen LogP contribution in [0.15, 0.2) is 214 Å². The number of halogens is 2. The Kier molecular flexibility index (Phi) is 29.7. The lowest BCUT2D eigenvalue weighted by atomic mass is 9.80. The minimum atomic E-state index is -5.65. The van der Waals surface area contributed by atoms with E-state index in [4.69, 9.17) is 122 Å². The van der Waals surface area contributed by atoms with Gasteiger partial charge >= 0.3 is 33.0 Å². The Bertz CT molecular complexity index is 5840. The average Bonchev–Trinajstić information content (AvgIpc) is 1.56. The monoisotopic (exact) mass is 1860 g/mol.